The van der Waals surface area contributed by atoms with Gasteiger partial charge in [0.05, 0.1) is 23.1 Å². The Morgan fingerprint density at radius 1 is 1.32 bits per heavy atom. The molecule has 1 saturated heterocycles. The van der Waals surface area contributed by atoms with Crippen LogP contribution in [0.25, 0.3) is 10.9 Å². The zero-order chi connectivity index (χ0) is 13.4. The molecule has 1 unspecified atom stereocenters. The van der Waals surface area contributed by atoms with Gasteiger partial charge in [0.2, 0.25) is 0 Å². The fourth-order valence-corrected chi connectivity index (χ4v) is 2.86. The summed E-state index contributed by atoms with van der Waals surface area (Å²) in [5, 5.41) is 1.15. The molecular weight excluding hydrogens is 236 g/mol. The smallest absolute Gasteiger partial charge is 0.0745 e. The lowest BCUT2D eigenvalue weighted by Gasteiger charge is -2.24. The number of fused-ring (bicyclic) bond motifs is 1. The number of nitrogen functional groups attached to an aromatic ring is 1. The maximum atomic E-state index is 6.17. The lowest BCUT2D eigenvalue weighted by atomic mass is 10.1. The molecule has 0 amide bonds. The van der Waals surface area contributed by atoms with E-state index in [2.05, 4.69) is 34.9 Å². The van der Waals surface area contributed by atoms with E-state index in [0.717, 1.165) is 35.4 Å². The number of anilines is 2. The summed E-state index contributed by atoms with van der Waals surface area (Å²) in [4.78, 5) is 9.09. The quantitative estimate of drug-likeness (QED) is 0.892. The summed E-state index contributed by atoms with van der Waals surface area (Å²) in [5.74, 6) is 0. The number of pyridine rings is 1. The number of nitrogens with two attached hydrogens (primary N) is 1. The molecule has 4 nitrogen and oxygen atoms in total. The van der Waals surface area contributed by atoms with Crippen molar-refractivity contribution in [1.29, 1.82) is 0 Å². The van der Waals surface area contributed by atoms with Crippen LogP contribution in [-0.4, -0.2) is 43.1 Å². The first-order valence-corrected chi connectivity index (χ1v) is 6.71. The molecule has 0 spiro atoms. The van der Waals surface area contributed by atoms with Gasteiger partial charge in [-0.25, -0.2) is 0 Å². The van der Waals surface area contributed by atoms with Gasteiger partial charge in [-0.2, -0.15) is 0 Å². The van der Waals surface area contributed by atoms with Crippen LogP contribution in [-0.2, 0) is 0 Å². The Kier molecular flexibility index (Phi) is 3.03. The summed E-state index contributed by atoms with van der Waals surface area (Å²) in [6.45, 7) is 2.09. The molecule has 100 valence electrons. The Hall–Kier alpha value is -1.81. The van der Waals surface area contributed by atoms with Crippen LogP contribution in [0.1, 0.15) is 6.42 Å². The number of aromatic nitrogens is 1. The summed E-state index contributed by atoms with van der Waals surface area (Å²) >= 11 is 0. The molecule has 1 fully saturated rings. The van der Waals surface area contributed by atoms with Crippen molar-refractivity contribution in [2.45, 2.75) is 12.5 Å². The van der Waals surface area contributed by atoms with Gasteiger partial charge in [-0.1, -0.05) is 18.2 Å². The minimum atomic E-state index is 0.603. The Balaban J connectivity index is 2.03. The van der Waals surface area contributed by atoms with Gasteiger partial charge in [-0.3, -0.25) is 4.98 Å². The number of nitrogens with zero attached hydrogens (tertiary/aromatic N) is 3. The van der Waals surface area contributed by atoms with Gasteiger partial charge in [-0.15, -0.1) is 0 Å². The molecule has 1 atom stereocenters. The van der Waals surface area contributed by atoms with Crippen molar-refractivity contribution in [2.75, 3.05) is 37.8 Å². The molecular formula is C15H20N4. The second kappa shape index (κ2) is 4.70. The second-order valence-corrected chi connectivity index (χ2v) is 5.43. The van der Waals surface area contributed by atoms with Gasteiger partial charge in [0.1, 0.15) is 0 Å². The molecule has 2 heterocycles. The molecule has 0 saturated carbocycles. The summed E-state index contributed by atoms with van der Waals surface area (Å²) in [6.07, 6.45) is 2.96. The lowest BCUT2D eigenvalue weighted by molar-refractivity contribution is 0.315. The molecule has 1 aliphatic rings. The number of hydrogen-bond acceptors (Lipinski definition) is 4. The zero-order valence-corrected chi connectivity index (χ0v) is 11.5. The number of benzene rings is 1. The third kappa shape index (κ3) is 2.12. The topological polar surface area (TPSA) is 45.4 Å². The molecule has 1 aromatic heterocycles. The molecule has 0 bridgehead atoms. The molecule has 0 aliphatic carbocycles. The molecule has 19 heavy (non-hydrogen) atoms. The zero-order valence-electron chi connectivity index (χ0n) is 11.5. The number of likely N-dealkylation sites (N-methyl/N-ethyl adjacent to an activating group) is 1. The highest BCUT2D eigenvalue weighted by atomic mass is 15.2. The van der Waals surface area contributed by atoms with E-state index in [9.17, 15) is 0 Å². The van der Waals surface area contributed by atoms with Crippen molar-refractivity contribution in [1.82, 2.24) is 9.88 Å². The maximum Gasteiger partial charge on any atom is 0.0745 e. The van der Waals surface area contributed by atoms with E-state index < -0.39 is 0 Å². The van der Waals surface area contributed by atoms with Gasteiger partial charge in [0, 0.05) is 24.5 Å². The van der Waals surface area contributed by atoms with Crippen LogP contribution in [0.15, 0.2) is 30.5 Å². The fraction of sp³-hybridized carbons (Fsp3) is 0.400. The molecule has 1 aromatic carbocycles. The molecule has 0 radical (unpaired) electrons. The first-order chi connectivity index (χ1) is 9.16. The minimum Gasteiger partial charge on any atom is -0.396 e. The lowest BCUT2D eigenvalue weighted by Crippen LogP contribution is -2.31. The summed E-state index contributed by atoms with van der Waals surface area (Å²) in [7, 11) is 4.28. The van der Waals surface area contributed by atoms with Crippen LogP contribution in [0, 0.1) is 0 Å². The van der Waals surface area contributed by atoms with Gasteiger partial charge in [0.25, 0.3) is 0 Å². The number of hydrogen-bond donors (Lipinski definition) is 1. The van der Waals surface area contributed by atoms with E-state index in [1.807, 2.05) is 18.2 Å². The van der Waals surface area contributed by atoms with E-state index in [-0.39, 0.29) is 0 Å². The monoisotopic (exact) mass is 256 g/mol. The SMILES string of the molecule is CN(C)C1CCN(c2c(N)cnc3ccccc23)C1. The molecule has 2 N–H and O–H groups in total. The first kappa shape index (κ1) is 12.2. The number of rotatable bonds is 2. The third-order valence-corrected chi connectivity index (χ3v) is 3.99. The average molecular weight is 256 g/mol. The number of para-hydroxylation sites is 1. The van der Waals surface area contributed by atoms with E-state index in [4.69, 9.17) is 5.73 Å². The van der Waals surface area contributed by atoms with E-state index in [0.29, 0.717) is 6.04 Å². The highest BCUT2D eigenvalue weighted by Crippen LogP contribution is 2.33. The van der Waals surface area contributed by atoms with Gasteiger partial charge < -0.3 is 15.5 Å². The first-order valence-electron chi connectivity index (χ1n) is 6.71. The Bertz CT molecular complexity index is 594. The third-order valence-electron chi connectivity index (χ3n) is 3.99. The van der Waals surface area contributed by atoms with Crippen LogP contribution in [0.5, 0.6) is 0 Å². The minimum absolute atomic E-state index is 0.603. The maximum absolute atomic E-state index is 6.17. The van der Waals surface area contributed by atoms with Crippen molar-refractivity contribution in [3.05, 3.63) is 30.5 Å². The summed E-state index contributed by atoms with van der Waals surface area (Å²) in [5.41, 5.74) is 9.11. The van der Waals surface area contributed by atoms with Gasteiger partial charge in [-0.05, 0) is 26.6 Å². The molecule has 3 rings (SSSR count). The van der Waals surface area contributed by atoms with Crippen LogP contribution >= 0.6 is 0 Å². The van der Waals surface area contributed by atoms with Crippen molar-refractivity contribution >= 4 is 22.3 Å². The predicted molar refractivity (Wildman–Crippen MR) is 80.5 cm³/mol. The Morgan fingerprint density at radius 2 is 2.11 bits per heavy atom. The predicted octanol–water partition coefficient (Wildman–Crippen LogP) is 1.96. The molecule has 4 heteroatoms. The molecule has 2 aromatic rings. The highest BCUT2D eigenvalue weighted by molar-refractivity contribution is 5.97. The van der Waals surface area contributed by atoms with Crippen molar-refractivity contribution in [3.8, 4) is 0 Å². The Labute approximate surface area is 113 Å². The van der Waals surface area contributed by atoms with E-state index in [1.54, 1.807) is 6.20 Å². The average Bonchev–Trinajstić information content (AvgIpc) is 2.88. The molecule has 1 aliphatic heterocycles. The van der Waals surface area contributed by atoms with Crippen LogP contribution in [0.2, 0.25) is 0 Å². The standard InChI is InChI=1S/C15H20N4/c1-18(2)11-7-8-19(10-11)15-12-5-3-4-6-14(12)17-9-13(15)16/h3-6,9,11H,7-8,10,16H2,1-2H3. The Morgan fingerprint density at radius 3 is 2.84 bits per heavy atom. The van der Waals surface area contributed by atoms with Crippen LogP contribution in [0.4, 0.5) is 11.4 Å². The van der Waals surface area contributed by atoms with E-state index >= 15 is 0 Å². The van der Waals surface area contributed by atoms with Gasteiger partial charge in [0.15, 0.2) is 0 Å². The van der Waals surface area contributed by atoms with Crippen LogP contribution in [0.3, 0.4) is 0 Å². The van der Waals surface area contributed by atoms with Crippen LogP contribution < -0.4 is 10.6 Å². The normalized spacial score (nSPS) is 19.5. The summed E-state index contributed by atoms with van der Waals surface area (Å²) < 4.78 is 0. The fourth-order valence-electron chi connectivity index (χ4n) is 2.86. The highest BCUT2D eigenvalue weighted by Gasteiger charge is 2.26. The second-order valence-electron chi connectivity index (χ2n) is 5.43. The summed E-state index contributed by atoms with van der Waals surface area (Å²) in [6, 6.07) is 8.81. The van der Waals surface area contributed by atoms with Crippen molar-refractivity contribution < 1.29 is 0 Å². The van der Waals surface area contributed by atoms with Gasteiger partial charge >= 0.3 is 0 Å². The van der Waals surface area contributed by atoms with E-state index in [1.165, 1.54) is 6.42 Å². The van der Waals surface area contributed by atoms with Crippen molar-refractivity contribution in [2.24, 2.45) is 0 Å². The van der Waals surface area contributed by atoms with Crippen molar-refractivity contribution in [3.63, 3.8) is 0 Å². The largest absolute Gasteiger partial charge is 0.396 e.